The molecule has 3 rings (SSSR count). The molecule has 6 heteroatoms. The van der Waals surface area contributed by atoms with Gasteiger partial charge in [-0.2, -0.15) is 0 Å². The monoisotopic (exact) mass is 341 g/mol. The number of aromatic nitrogens is 1. The molecule has 6 nitrogen and oxygen atoms in total. The van der Waals surface area contributed by atoms with Crippen molar-refractivity contribution in [3.05, 3.63) is 48.2 Å². The third-order valence-electron chi connectivity index (χ3n) is 4.05. The molecule has 0 aliphatic heterocycles. The molecule has 3 N–H and O–H groups in total. The number of para-hydroxylation sites is 2. The zero-order chi connectivity index (χ0) is 17.7. The number of rotatable bonds is 8. The molecule has 1 amide bonds. The van der Waals surface area contributed by atoms with E-state index in [1.165, 1.54) is 0 Å². The van der Waals surface area contributed by atoms with Crippen molar-refractivity contribution >= 4 is 5.91 Å². The summed E-state index contributed by atoms with van der Waals surface area (Å²) in [6.07, 6.45) is 4.03. The molecular weight excluding hydrogens is 318 g/mol. The minimum Gasteiger partial charge on any atom is -0.490 e. The Kier molecular flexibility index (Phi) is 5.19. The Hall–Kier alpha value is -2.60. The largest absolute Gasteiger partial charge is 0.490 e. The van der Waals surface area contributed by atoms with Gasteiger partial charge in [-0.1, -0.05) is 25.1 Å². The van der Waals surface area contributed by atoms with Gasteiger partial charge in [-0.15, -0.1) is 0 Å². The van der Waals surface area contributed by atoms with Crippen LogP contribution in [0.25, 0.3) is 0 Å². The molecule has 0 radical (unpaired) electrons. The fraction of sp³-hybridized carbons (Fsp3) is 0.368. The molecule has 0 bridgehead atoms. The number of hydrogen-bond acceptors (Lipinski definition) is 5. The van der Waals surface area contributed by atoms with Crippen LogP contribution in [0.1, 0.15) is 31.7 Å². The average molecular weight is 341 g/mol. The van der Waals surface area contributed by atoms with Crippen LogP contribution in [0.4, 0.5) is 0 Å². The van der Waals surface area contributed by atoms with E-state index in [-0.39, 0.29) is 5.91 Å². The lowest BCUT2D eigenvalue weighted by atomic mass is 10.2. The molecule has 1 saturated carbocycles. The zero-order valence-electron chi connectivity index (χ0n) is 14.3. The van der Waals surface area contributed by atoms with Crippen LogP contribution < -0.4 is 20.5 Å². The summed E-state index contributed by atoms with van der Waals surface area (Å²) in [6.45, 7) is 2.98. The number of pyridine rings is 1. The number of carbonyl (C=O) groups excluding carboxylic acids is 1. The van der Waals surface area contributed by atoms with Crippen LogP contribution in [0, 0.1) is 0 Å². The summed E-state index contributed by atoms with van der Waals surface area (Å²) in [5.74, 6) is 1.58. The van der Waals surface area contributed by atoms with Crippen molar-refractivity contribution < 1.29 is 14.3 Å². The van der Waals surface area contributed by atoms with Gasteiger partial charge < -0.3 is 20.5 Å². The van der Waals surface area contributed by atoms with Crippen LogP contribution >= 0.6 is 0 Å². The van der Waals surface area contributed by atoms with Gasteiger partial charge in [0.2, 0.25) is 11.8 Å². The SMILES string of the molecule is CCCOc1ccccc1Oc1ncccc1CNC(=O)C1(N)CC1. The highest BCUT2D eigenvalue weighted by Gasteiger charge is 2.45. The number of hydrogen-bond donors (Lipinski definition) is 2. The Morgan fingerprint density at radius 3 is 2.72 bits per heavy atom. The first-order chi connectivity index (χ1) is 12.1. The van der Waals surface area contributed by atoms with Gasteiger partial charge in [-0.3, -0.25) is 4.79 Å². The number of ether oxygens (including phenoxy) is 2. The molecule has 0 spiro atoms. The van der Waals surface area contributed by atoms with Gasteiger partial charge in [0.05, 0.1) is 12.1 Å². The molecule has 1 aliphatic rings. The Labute approximate surface area is 147 Å². The lowest BCUT2D eigenvalue weighted by molar-refractivity contribution is -0.123. The highest BCUT2D eigenvalue weighted by molar-refractivity contribution is 5.88. The fourth-order valence-electron chi connectivity index (χ4n) is 2.33. The third kappa shape index (κ3) is 4.28. The van der Waals surface area contributed by atoms with Crippen molar-refractivity contribution in [2.24, 2.45) is 5.73 Å². The fourth-order valence-corrected chi connectivity index (χ4v) is 2.33. The van der Waals surface area contributed by atoms with E-state index in [1.54, 1.807) is 6.20 Å². The quantitative estimate of drug-likeness (QED) is 0.771. The number of nitrogens with zero attached hydrogens (tertiary/aromatic N) is 1. The van der Waals surface area contributed by atoms with Gasteiger partial charge in [0.15, 0.2) is 11.5 Å². The number of benzene rings is 1. The van der Waals surface area contributed by atoms with Crippen LogP contribution in [-0.2, 0) is 11.3 Å². The molecule has 2 aromatic rings. The second kappa shape index (κ2) is 7.53. The Bertz CT molecular complexity index is 744. The first kappa shape index (κ1) is 17.2. The molecule has 0 atom stereocenters. The maximum atomic E-state index is 12.0. The van der Waals surface area contributed by atoms with E-state index in [2.05, 4.69) is 10.3 Å². The maximum Gasteiger partial charge on any atom is 0.240 e. The molecule has 0 saturated heterocycles. The van der Waals surface area contributed by atoms with Crippen LogP contribution in [0.2, 0.25) is 0 Å². The minimum absolute atomic E-state index is 0.131. The highest BCUT2D eigenvalue weighted by Crippen LogP contribution is 2.33. The normalized spacial score (nSPS) is 14.6. The average Bonchev–Trinajstić information content (AvgIpc) is 3.39. The van der Waals surface area contributed by atoms with E-state index in [9.17, 15) is 4.79 Å². The molecule has 1 fully saturated rings. The summed E-state index contributed by atoms with van der Waals surface area (Å²) in [7, 11) is 0. The van der Waals surface area contributed by atoms with Crippen molar-refractivity contribution in [2.75, 3.05) is 6.61 Å². The number of carbonyl (C=O) groups is 1. The summed E-state index contributed by atoms with van der Waals surface area (Å²) in [5, 5.41) is 2.86. The van der Waals surface area contributed by atoms with E-state index in [1.807, 2.05) is 43.3 Å². The summed E-state index contributed by atoms with van der Waals surface area (Å²) in [4.78, 5) is 16.3. The van der Waals surface area contributed by atoms with E-state index < -0.39 is 5.54 Å². The van der Waals surface area contributed by atoms with E-state index >= 15 is 0 Å². The zero-order valence-corrected chi connectivity index (χ0v) is 14.3. The molecule has 1 aromatic heterocycles. The smallest absolute Gasteiger partial charge is 0.240 e. The van der Waals surface area contributed by atoms with Crippen molar-refractivity contribution in [2.45, 2.75) is 38.3 Å². The number of nitrogens with one attached hydrogen (secondary N) is 1. The van der Waals surface area contributed by atoms with Crippen molar-refractivity contribution in [1.29, 1.82) is 0 Å². The summed E-state index contributed by atoms with van der Waals surface area (Å²) in [6, 6.07) is 11.1. The predicted molar refractivity (Wildman–Crippen MR) is 94.5 cm³/mol. The molecule has 0 unspecified atom stereocenters. The minimum atomic E-state index is -0.691. The standard InChI is InChI=1S/C19H23N3O3/c1-2-12-24-15-7-3-4-8-16(15)25-17-14(6-5-11-21-17)13-22-18(23)19(20)9-10-19/h3-8,11H,2,9-10,12-13,20H2,1H3,(H,22,23). The Morgan fingerprint density at radius 1 is 1.24 bits per heavy atom. The number of nitrogens with two attached hydrogens (primary N) is 1. The molecule has 25 heavy (non-hydrogen) atoms. The van der Waals surface area contributed by atoms with Crippen LogP contribution in [-0.4, -0.2) is 23.0 Å². The first-order valence-corrected chi connectivity index (χ1v) is 8.53. The molecule has 1 heterocycles. The molecule has 1 aromatic carbocycles. The lowest BCUT2D eigenvalue weighted by Crippen LogP contribution is -2.42. The second-order valence-corrected chi connectivity index (χ2v) is 6.20. The van der Waals surface area contributed by atoms with Crippen LogP contribution in [0.5, 0.6) is 17.4 Å². The molecule has 1 aliphatic carbocycles. The van der Waals surface area contributed by atoms with Crippen LogP contribution in [0.3, 0.4) is 0 Å². The highest BCUT2D eigenvalue weighted by atomic mass is 16.5. The predicted octanol–water partition coefficient (Wildman–Crippen LogP) is 2.77. The van der Waals surface area contributed by atoms with Crippen molar-refractivity contribution in [3.8, 4) is 17.4 Å². The Balaban J connectivity index is 1.72. The summed E-state index contributed by atoms with van der Waals surface area (Å²) < 4.78 is 11.7. The van der Waals surface area contributed by atoms with Gasteiger partial charge in [0.25, 0.3) is 0 Å². The number of amides is 1. The lowest BCUT2D eigenvalue weighted by Gasteiger charge is -2.15. The molecule has 132 valence electrons. The van der Waals surface area contributed by atoms with Gasteiger partial charge in [-0.05, 0) is 37.5 Å². The molecular formula is C19H23N3O3. The summed E-state index contributed by atoms with van der Waals surface area (Å²) >= 11 is 0. The van der Waals surface area contributed by atoms with Crippen molar-refractivity contribution in [1.82, 2.24) is 10.3 Å². The van der Waals surface area contributed by atoms with Crippen molar-refractivity contribution in [3.63, 3.8) is 0 Å². The topological polar surface area (TPSA) is 86.5 Å². The first-order valence-electron chi connectivity index (χ1n) is 8.53. The van der Waals surface area contributed by atoms with E-state index in [0.717, 1.165) is 24.8 Å². The maximum absolute atomic E-state index is 12.0. The third-order valence-corrected chi connectivity index (χ3v) is 4.05. The second-order valence-electron chi connectivity index (χ2n) is 6.20. The van der Waals surface area contributed by atoms with E-state index in [4.69, 9.17) is 15.2 Å². The van der Waals surface area contributed by atoms with Gasteiger partial charge in [0.1, 0.15) is 0 Å². The van der Waals surface area contributed by atoms with Gasteiger partial charge >= 0.3 is 0 Å². The van der Waals surface area contributed by atoms with Crippen LogP contribution in [0.15, 0.2) is 42.6 Å². The van der Waals surface area contributed by atoms with Gasteiger partial charge in [-0.25, -0.2) is 4.98 Å². The van der Waals surface area contributed by atoms with E-state index in [0.29, 0.717) is 30.5 Å². The Morgan fingerprint density at radius 2 is 2.00 bits per heavy atom. The summed E-state index contributed by atoms with van der Waals surface area (Å²) in [5.41, 5.74) is 6.00. The van der Waals surface area contributed by atoms with Gasteiger partial charge in [0, 0.05) is 18.3 Å².